The second-order valence-electron chi connectivity index (χ2n) is 5.78. The zero-order chi connectivity index (χ0) is 21.6. The largest absolute Gasteiger partial charge is 0.465 e. The Morgan fingerprint density at radius 2 is 1.86 bits per heavy atom. The van der Waals surface area contributed by atoms with Crippen LogP contribution in [0.4, 0.5) is 18.4 Å². The molecule has 0 saturated carbocycles. The van der Waals surface area contributed by atoms with Gasteiger partial charge in [-0.1, -0.05) is 24.3 Å². The minimum Gasteiger partial charge on any atom is -0.465 e. The van der Waals surface area contributed by atoms with Gasteiger partial charge in [0.25, 0.3) is 0 Å². The first-order valence-electron chi connectivity index (χ1n) is 8.49. The van der Waals surface area contributed by atoms with Crippen molar-refractivity contribution in [2.45, 2.75) is 13.5 Å². The van der Waals surface area contributed by atoms with Gasteiger partial charge in [0.05, 0.1) is 7.11 Å². The van der Waals surface area contributed by atoms with Gasteiger partial charge in [0.2, 0.25) is 0 Å². The maximum atomic E-state index is 14.5. The van der Waals surface area contributed by atoms with Gasteiger partial charge in [0.1, 0.15) is 17.2 Å². The number of carboxylic acid groups (broad SMARTS) is 1. The molecule has 3 amide bonds. The maximum Gasteiger partial charge on any atom is 0.423 e. The molecular formula is C19H19F2N3O5. The van der Waals surface area contributed by atoms with E-state index < -0.39 is 29.7 Å². The predicted molar refractivity (Wildman–Crippen MR) is 98.9 cm³/mol. The van der Waals surface area contributed by atoms with Crippen molar-refractivity contribution in [1.29, 1.82) is 0 Å². The summed E-state index contributed by atoms with van der Waals surface area (Å²) >= 11 is 0. The SMILES string of the molecule is CCN(NC(=O)O)C(=O)NCc1ccc(-c2cccc(F)c2C(=O)OC)cc1F. The molecular weight excluding hydrogens is 388 g/mol. The summed E-state index contributed by atoms with van der Waals surface area (Å²) < 4.78 is 33.2. The van der Waals surface area contributed by atoms with Gasteiger partial charge >= 0.3 is 18.1 Å². The van der Waals surface area contributed by atoms with Crippen molar-refractivity contribution in [2.24, 2.45) is 0 Å². The predicted octanol–water partition coefficient (Wildman–Crippen LogP) is 3.13. The molecule has 8 nitrogen and oxygen atoms in total. The number of ether oxygens (including phenoxy) is 1. The van der Waals surface area contributed by atoms with Gasteiger partial charge in [-0.3, -0.25) is 0 Å². The van der Waals surface area contributed by atoms with E-state index in [1.54, 1.807) is 6.92 Å². The van der Waals surface area contributed by atoms with Crippen molar-refractivity contribution in [3.63, 3.8) is 0 Å². The molecule has 2 rings (SSSR count). The highest BCUT2D eigenvalue weighted by molar-refractivity contribution is 5.97. The number of esters is 1. The average molecular weight is 407 g/mol. The Kier molecular flexibility index (Phi) is 7.07. The number of benzene rings is 2. The van der Waals surface area contributed by atoms with Crippen molar-refractivity contribution >= 4 is 18.1 Å². The monoisotopic (exact) mass is 407 g/mol. The Morgan fingerprint density at radius 3 is 2.45 bits per heavy atom. The number of halogens is 2. The first kappa shape index (κ1) is 21.6. The lowest BCUT2D eigenvalue weighted by Gasteiger charge is -2.20. The molecule has 0 bridgehead atoms. The molecule has 0 aliphatic carbocycles. The molecule has 3 N–H and O–H groups in total. The van der Waals surface area contributed by atoms with Crippen molar-refractivity contribution in [1.82, 2.24) is 15.8 Å². The van der Waals surface area contributed by atoms with Gasteiger partial charge in [0.15, 0.2) is 0 Å². The summed E-state index contributed by atoms with van der Waals surface area (Å²) in [5.41, 5.74) is 2.12. The lowest BCUT2D eigenvalue weighted by Crippen LogP contribution is -2.49. The molecule has 0 radical (unpaired) electrons. The maximum absolute atomic E-state index is 14.5. The van der Waals surface area contributed by atoms with E-state index in [-0.39, 0.29) is 35.3 Å². The van der Waals surface area contributed by atoms with Gasteiger partial charge in [-0.25, -0.2) is 33.6 Å². The van der Waals surface area contributed by atoms with Crippen molar-refractivity contribution in [3.05, 3.63) is 59.2 Å². The van der Waals surface area contributed by atoms with Crippen LogP contribution in [-0.2, 0) is 11.3 Å². The standard InChI is InChI=1S/C19H19F2N3O5/c1-3-24(23-19(27)28)18(26)22-10-12-8-7-11(9-15(12)21)13-5-4-6-14(20)16(13)17(25)29-2/h4-9,23H,3,10H2,1-2H3,(H,22,26)(H,27,28). The van der Waals surface area contributed by atoms with E-state index in [2.05, 4.69) is 10.1 Å². The summed E-state index contributed by atoms with van der Waals surface area (Å²) in [4.78, 5) is 34.5. The van der Waals surface area contributed by atoms with Crippen LogP contribution in [0.5, 0.6) is 0 Å². The number of rotatable bonds is 5. The second-order valence-corrected chi connectivity index (χ2v) is 5.78. The zero-order valence-electron chi connectivity index (χ0n) is 15.7. The number of hydrazine groups is 1. The number of carbonyl (C=O) groups excluding carboxylic acids is 2. The fourth-order valence-corrected chi connectivity index (χ4v) is 2.59. The van der Waals surface area contributed by atoms with E-state index in [0.29, 0.717) is 0 Å². The number of urea groups is 1. The number of nitrogens with one attached hydrogen (secondary N) is 2. The minimum absolute atomic E-state index is 0.0649. The van der Waals surface area contributed by atoms with Gasteiger partial charge in [-0.05, 0) is 30.2 Å². The van der Waals surface area contributed by atoms with E-state index in [4.69, 9.17) is 5.11 Å². The van der Waals surface area contributed by atoms with E-state index in [9.17, 15) is 23.2 Å². The third-order valence-electron chi connectivity index (χ3n) is 3.99. The quantitative estimate of drug-likeness (QED) is 0.521. The van der Waals surface area contributed by atoms with E-state index in [1.165, 1.54) is 24.3 Å². The highest BCUT2D eigenvalue weighted by atomic mass is 19.1. The average Bonchev–Trinajstić information content (AvgIpc) is 2.69. The van der Waals surface area contributed by atoms with Crippen LogP contribution in [0.15, 0.2) is 36.4 Å². The Bertz CT molecular complexity index is 936. The summed E-state index contributed by atoms with van der Waals surface area (Å²) in [6.45, 7) is 1.41. The van der Waals surface area contributed by atoms with E-state index in [0.717, 1.165) is 24.3 Å². The molecule has 0 heterocycles. The van der Waals surface area contributed by atoms with Crippen LogP contribution < -0.4 is 10.7 Å². The molecule has 0 aliphatic heterocycles. The molecule has 0 aliphatic rings. The van der Waals surface area contributed by atoms with Crippen LogP contribution in [0.1, 0.15) is 22.8 Å². The smallest absolute Gasteiger partial charge is 0.423 e. The number of methoxy groups -OCH3 is 1. The summed E-state index contributed by atoms with van der Waals surface area (Å²) in [5.74, 6) is -2.38. The normalized spacial score (nSPS) is 10.2. The van der Waals surface area contributed by atoms with Gasteiger partial charge in [-0.15, -0.1) is 0 Å². The summed E-state index contributed by atoms with van der Waals surface area (Å²) in [6, 6.07) is 7.14. The molecule has 0 aromatic heterocycles. The molecule has 154 valence electrons. The number of hydrogen-bond acceptors (Lipinski definition) is 4. The van der Waals surface area contributed by atoms with Crippen molar-refractivity contribution in [3.8, 4) is 11.1 Å². The second kappa shape index (κ2) is 9.49. The number of hydrogen-bond donors (Lipinski definition) is 3. The van der Waals surface area contributed by atoms with Crippen LogP contribution in [0.25, 0.3) is 11.1 Å². The number of carbonyl (C=O) groups is 3. The Balaban J connectivity index is 2.22. The Morgan fingerprint density at radius 1 is 1.14 bits per heavy atom. The van der Waals surface area contributed by atoms with Crippen LogP contribution in [0, 0.1) is 11.6 Å². The molecule has 10 heteroatoms. The highest BCUT2D eigenvalue weighted by Gasteiger charge is 2.19. The summed E-state index contributed by atoms with van der Waals surface area (Å²) in [5, 5.41) is 11.9. The lowest BCUT2D eigenvalue weighted by molar-refractivity contribution is 0.0596. The molecule has 0 atom stereocenters. The molecule has 2 aromatic carbocycles. The molecule has 0 fully saturated rings. The van der Waals surface area contributed by atoms with Gasteiger partial charge in [-0.2, -0.15) is 0 Å². The molecule has 2 aromatic rings. The summed E-state index contributed by atoms with van der Waals surface area (Å²) in [7, 11) is 1.11. The minimum atomic E-state index is -1.41. The van der Waals surface area contributed by atoms with Gasteiger partial charge in [0, 0.05) is 18.7 Å². The third kappa shape index (κ3) is 5.18. The molecule has 0 saturated heterocycles. The number of amides is 3. The lowest BCUT2D eigenvalue weighted by atomic mass is 9.98. The molecule has 0 unspecified atom stereocenters. The highest BCUT2D eigenvalue weighted by Crippen LogP contribution is 2.28. The van der Waals surface area contributed by atoms with Crippen LogP contribution >= 0.6 is 0 Å². The summed E-state index contributed by atoms with van der Waals surface area (Å²) in [6.07, 6.45) is -1.41. The third-order valence-corrected chi connectivity index (χ3v) is 3.99. The Labute approximate surface area is 165 Å². The molecule has 0 spiro atoms. The first-order valence-corrected chi connectivity index (χ1v) is 8.49. The fourth-order valence-electron chi connectivity index (χ4n) is 2.59. The Hall–Kier alpha value is -3.69. The van der Waals surface area contributed by atoms with E-state index in [1.807, 2.05) is 5.43 Å². The van der Waals surface area contributed by atoms with Crippen LogP contribution in [0.2, 0.25) is 0 Å². The van der Waals surface area contributed by atoms with Crippen LogP contribution in [-0.4, -0.2) is 41.9 Å². The topological polar surface area (TPSA) is 108 Å². The fraction of sp³-hybridized carbons (Fsp3) is 0.211. The first-order chi connectivity index (χ1) is 13.8. The molecule has 29 heavy (non-hydrogen) atoms. The van der Waals surface area contributed by atoms with E-state index >= 15 is 0 Å². The number of nitrogens with zero attached hydrogens (tertiary/aromatic N) is 1. The zero-order valence-corrected chi connectivity index (χ0v) is 15.7. The van der Waals surface area contributed by atoms with Crippen molar-refractivity contribution in [2.75, 3.05) is 13.7 Å². The van der Waals surface area contributed by atoms with Gasteiger partial charge < -0.3 is 15.2 Å². The van der Waals surface area contributed by atoms with Crippen LogP contribution in [0.3, 0.4) is 0 Å². The van der Waals surface area contributed by atoms with Crippen molar-refractivity contribution < 1.29 is 33.0 Å².